The lowest BCUT2D eigenvalue weighted by atomic mass is 10.0. The Morgan fingerprint density at radius 3 is 1.16 bits per heavy atom. The molecule has 0 aromatic rings. The number of ether oxygens (including phenoxy) is 1. The van der Waals surface area contributed by atoms with E-state index in [1.807, 2.05) is 0 Å². The van der Waals surface area contributed by atoms with E-state index >= 15 is 0 Å². The summed E-state index contributed by atoms with van der Waals surface area (Å²) in [4.78, 5) is 0. The van der Waals surface area contributed by atoms with E-state index in [4.69, 9.17) is 9.16 Å². The molecule has 0 atom stereocenters. The summed E-state index contributed by atoms with van der Waals surface area (Å²) in [7, 11) is 2.97. The summed E-state index contributed by atoms with van der Waals surface area (Å²) >= 11 is 0. The van der Waals surface area contributed by atoms with Crippen molar-refractivity contribution in [1.29, 1.82) is 0 Å². The van der Waals surface area contributed by atoms with Crippen LogP contribution in [0.3, 0.4) is 0 Å². The van der Waals surface area contributed by atoms with Gasteiger partial charge in [0.25, 0.3) is 0 Å². The van der Waals surface area contributed by atoms with Gasteiger partial charge in [0, 0.05) is 6.61 Å². The molecule has 0 amide bonds. The molecule has 3 radical (unpaired) electrons. The molecule has 2 nitrogen and oxygen atoms in total. The average Bonchev–Trinajstić information content (AvgIpc) is 2.63. The molecule has 0 saturated carbocycles. The number of hydrogen-bond donors (Lipinski definition) is 0. The molecular weight excluding hydrogens is 324 g/mol. The van der Waals surface area contributed by atoms with Crippen molar-refractivity contribution < 1.29 is 9.16 Å². The second-order valence-corrected chi connectivity index (χ2v) is 7.76. The summed E-state index contributed by atoms with van der Waals surface area (Å²) in [5.41, 5.74) is 0. The fraction of sp³-hybridized carbons (Fsp3) is 1.00. The summed E-state index contributed by atoms with van der Waals surface area (Å²) in [5, 5.41) is 0. The van der Waals surface area contributed by atoms with Crippen LogP contribution in [0.1, 0.15) is 122 Å². The molecule has 149 valence electrons. The van der Waals surface area contributed by atoms with Gasteiger partial charge in [0.15, 0.2) is 0 Å². The van der Waals surface area contributed by atoms with Gasteiger partial charge in [0.2, 0.25) is 10.5 Å². The Morgan fingerprint density at radius 1 is 0.440 bits per heavy atom. The third-order valence-electron chi connectivity index (χ3n) is 4.97. The van der Waals surface area contributed by atoms with Crippen LogP contribution < -0.4 is 0 Å². The first-order valence-corrected chi connectivity index (χ1v) is 11.7. The zero-order chi connectivity index (χ0) is 18.3. The molecule has 0 aromatic heterocycles. The van der Waals surface area contributed by atoms with Gasteiger partial charge in [0.1, 0.15) is 0 Å². The van der Waals surface area contributed by atoms with Gasteiger partial charge in [-0.1, -0.05) is 116 Å². The topological polar surface area (TPSA) is 18.5 Å². The Labute approximate surface area is 162 Å². The van der Waals surface area contributed by atoms with E-state index in [1.54, 1.807) is 0 Å². The first kappa shape index (κ1) is 25.1. The highest BCUT2D eigenvalue weighted by Gasteiger charge is 1.95. The van der Waals surface area contributed by atoms with Crippen LogP contribution in [0.2, 0.25) is 0 Å². The van der Waals surface area contributed by atoms with Crippen LogP contribution in [-0.4, -0.2) is 30.3 Å². The van der Waals surface area contributed by atoms with Crippen molar-refractivity contribution in [3.8, 4) is 0 Å². The van der Waals surface area contributed by atoms with Gasteiger partial charge in [-0.25, -0.2) is 0 Å². The summed E-state index contributed by atoms with van der Waals surface area (Å²) < 4.78 is 10.2. The molecule has 0 aromatic carbocycles. The molecule has 0 spiro atoms. The lowest BCUT2D eigenvalue weighted by Gasteiger charge is -2.04. The van der Waals surface area contributed by atoms with Gasteiger partial charge in [-0.15, -0.1) is 0 Å². The second-order valence-electron chi connectivity index (χ2n) is 7.47. The van der Waals surface area contributed by atoms with Crippen molar-refractivity contribution >= 4 is 10.5 Å². The molecule has 3 heteroatoms. The van der Waals surface area contributed by atoms with Crippen molar-refractivity contribution in [1.82, 2.24) is 0 Å². The first-order chi connectivity index (χ1) is 12.4. The predicted octanol–water partition coefficient (Wildman–Crippen LogP) is 7.14. The van der Waals surface area contributed by atoms with Crippen LogP contribution in [0.15, 0.2) is 0 Å². The van der Waals surface area contributed by atoms with Crippen molar-refractivity contribution in [3.05, 3.63) is 0 Å². The molecular formula is C22H45O2Si. The Balaban J connectivity index is 2.94. The minimum Gasteiger partial charge on any atom is -0.416 e. The van der Waals surface area contributed by atoms with Gasteiger partial charge in [-0.2, -0.15) is 0 Å². The Morgan fingerprint density at radius 2 is 0.800 bits per heavy atom. The zero-order valence-corrected chi connectivity index (χ0v) is 18.2. The predicted molar refractivity (Wildman–Crippen MR) is 111 cm³/mol. The Kier molecular flexibility index (Phi) is 24.3. The number of hydrogen-bond acceptors (Lipinski definition) is 2. The maximum atomic E-state index is 5.45. The molecule has 0 heterocycles. The Hall–Kier alpha value is 0.137. The van der Waals surface area contributed by atoms with E-state index in [0.717, 1.165) is 6.61 Å². The lowest BCUT2D eigenvalue weighted by Crippen LogP contribution is -2.03. The highest BCUT2D eigenvalue weighted by Crippen LogP contribution is 2.14. The molecule has 0 saturated heterocycles. The van der Waals surface area contributed by atoms with Gasteiger partial charge in [-0.05, 0) is 6.42 Å². The molecule has 0 unspecified atom stereocenters. The van der Waals surface area contributed by atoms with Gasteiger partial charge in [-0.3, -0.25) is 0 Å². The molecule has 0 rings (SSSR count). The maximum absolute atomic E-state index is 5.45. The summed E-state index contributed by atoms with van der Waals surface area (Å²) in [6, 6.07) is 0. The van der Waals surface area contributed by atoms with Crippen molar-refractivity contribution in [2.75, 3.05) is 19.8 Å². The van der Waals surface area contributed by atoms with E-state index in [-0.39, 0.29) is 0 Å². The van der Waals surface area contributed by atoms with Crippen LogP contribution in [0.25, 0.3) is 0 Å². The third-order valence-corrected chi connectivity index (χ3v) is 5.18. The van der Waals surface area contributed by atoms with Crippen LogP contribution in [0, 0.1) is 0 Å². The second kappa shape index (κ2) is 24.1. The van der Waals surface area contributed by atoms with Crippen molar-refractivity contribution in [2.24, 2.45) is 0 Å². The van der Waals surface area contributed by atoms with Gasteiger partial charge in [0.05, 0.1) is 13.2 Å². The maximum Gasteiger partial charge on any atom is 0.246 e. The van der Waals surface area contributed by atoms with Gasteiger partial charge >= 0.3 is 0 Å². The van der Waals surface area contributed by atoms with Crippen LogP contribution in [0.5, 0.6) is 0 Å². The zero-order valence-electron chi connectivity index (χ0n) is 17.2. The third kappa shape index (κ3) is 24.1. The van der Waals surface area contributed by atoms with E-state index in [1.165, 1.54) is 116 Å². The quantitative estimate of drug-likeness (QED) is 0.149. The minimum absolute atomic E-state index is 0.635. The standard InChI is InChI=1S/C22H45O2Si/c1-2-3-4-5-6-7-8-9-10-11-12-13-14-15-16-17-18-19-20-23-21-22-24-25/h2-22H2,1H3. The van der Waals surface area contributed by atoms with Gasteiger partial charge < -0.3 is 9.16 Å². The fourth-order valence-corrected chi connectivity index (χ4v) is 3.39. The average molecular weight is 370 g/mol. The van der Waals surface area contributed by atoms with E-state index in [0.29, 0.717) is 13.2 Å². The summed E-state index contributed by atoms with van der Waals surface area (Å²) in [5.74, 6) is 0. The molecule has 0 aliphatic carbocycles. The molecule has 25 heavy (non-hydrogen) atoms. The van der Waals surface area contributed by atoms with Crippen LogP contribution in [-0.2, 0) is 9.16 Å². The highest BCUT2D eigenvalue weighted by molar-refractivity contribution is 5.97. The SMILES string of the molecule is CCCCCCCCCCCCCCCCCCCCOCCO[Si]. The summed E-state index contributed by atoms with van der Waals surface area (Å²) in [6.07, 6.45) is 25.6. The number of rotatable bonds is 22. The Bertz CT molecular complexity index is 202. The molecule has 0 N–H and O–H groups in total. The van der Waals surface area contributed by atoms with Crippen molar-refractivity contribution in [3.63, 3.8) is 0 Å². The van der Waals surface area contributed by atoms with E-state index in [9.17, 15) is 0 Å². The monoisotopic (exact) mass is 369 g/mol. The normalized spacial score (nSPS) is 11.3. The molecule has 0 bridgehead atoms. The molecule has 0 aliphatic heterocycles. The first-order valence-electron chi connectivity index (χ1n) is 11.3. The van der Waals surface area contributed by atoms with Crippen LogP contribution in [0.4, 0.5) is 0 Å². The summed E-state index contributed by atoms with van der Waals surface area (Å²) in [6.45, 7) is 4.51. The largest absolute Gasteiger partial charge is 0.416 e. The molecule has 0 aliphatic rings. The van der Waals surface area contributed by atoms with E-state index < -0.39 is 0 Å². The number of unbranched alkanes of at least 4 members (excludes halogenated alkanes) is 17. The highest BCUT2D eigenvalue weighted by atomic mass is 28.2. The fourth-order valence-electron chi connectivity index (χ4n) is 3.31. The molecule has 0 fully saturated rings. The smallest absolute Gasteiger partial charge is 0.246 e. The lowest BCUT2D eigenvalue weighted by molar-refractivity contribution is 0.100. The van der Waals surface area contributed by atoms with Crippen LogP contribution >= 0.6 is 0 Å². The van der Waals surface area contributed by atoms with Crippen molar-refractivity contribution in [2.45, 2.75) is 122 Å². The minimum atomic E-state index is 0.635. The van der Waals surface area contributed by atoms with E-state index in [2.05, 4.69) is 17.4 Å².